The summed E-state index contributed by atoms with van der Waals surface area (Å²) in [5.74, 6) is 0.873. The molecule has 0 radical (unpaired) electrons. The van der Waals surface area contributed by atoms with E-state index in [1.165, 1.54) is 44.1 Å². The van der Waals surface area contributed by atoms with E-state index in [2.05, 4.69) is 32.7 Å². The first-order valence-electron chi connectivity index (χ1n) is 9.82. The third-order valence-electron chi connectivity index (χ3n) is 5.45. The Labute approximate surface area is 159 Å². The smallest absolute Gasteiger partial charge is 0.224 e. The topological polar surface area (TPSA) is 59.1 Å². The molecule has 6 heteroatoms. The van der Waals surface area contributed by atoms with Crippen molar-refractivity contribution in [3.8, 4) is 0 Å². The summed E-state index contributed by atoms with van der Waals surface area (Å²) in [6, 6.07) is 7.28. The van der Waals surface area contributed by atoms with Gasteiger partial charge in [-0.2, -0.15) is 0 Å². The molecule has 0 bridgehead atoms. The number of rotatable bonds is 5. The third-order valence-corrected chi connectivity index (χ3v) is 5.62. The summed E-state index contributed by atoms with van der Waals surface area (Å²) in [5, 5.41) is 8.59. The van der Waals surface area contributed by atoms with Crippen molar-refractivity contribution in [2.45, 2.75) is 63.6 Å². The van der Waals surface area contributed by atoms with Gasteiger partial charge in [0.15, 0.2) is 0 Å². The van der Waals surface area contributed by atoms with Crippen LogP contribution in [0.5, 0.6) is 0 Å². The first kappa shape index (κ1) is 18.0. The number of nitrogens with zero attached hydrogens (tertiary/aromatic N) is 2. The van der Waals surface area contributed by atoms with Crippen molar-refractivity contribution in [1.82, 2.24) is 15.3 Å². The highest BCUT2D eigenvalue weighted by molar-refractivity contribution is 6.28. The summed E-state index contributed by atoms with van der Waals surface area (Å²) < 4.78 is 5.44. The van der Waals surface area contributed by atoms with Gasteiger partial charge in [0.25, 0.3) is 0 Å². The summed E-state index contributed by atoms with van der Waals surface area (Å²) in [5.41, 5.74) is 2.13. The Morgan fingerprint density at radius 3 is 2.65 bits per heavy atom. The number of anilines is 1. The number of halogens is 1. The summed E-state index contributed by atoms with van der Waals surface area (Å²) in [6.07, 6.45) is 8.73. The van der Waals surface area contributed by atoms with Crippen LogP contribution < -0.4 is 10.6 Å². The van der Waals surface area contributed by atoms with Gasteiger partial charge in [0, 0.05) is 30.6 Å². The van der Waals surface area contributed by atoms with Crippen LogP contribution in [0.2, 0.25) is 5.28 Å². The van der Waals surface area contributed by atoms with E-state index in [0.29, 0.717) is 17.4 Å². The molecule has 26 heavy (non-hydrogen) atoms. The molecule has 1 saturated heterocycles. The number of fused-ring (bicyclic) bond motifs is 1. The molecule has 1 aliphatic carbocycles. The van der Waals surface area contributed by atoms with Gasteiger partial charge in [-0.25, -0.2) is 9.97 Å². The van der Waals surface area contributed by atoms with Crippen LogP contribution in [-0.4, -0.2) is 35.3 Å². The Balaban J connectivity index is 1.54. The van der Waals surface area contributed by atoms with Crippen molar-refractivity contribution in [1.29, 1.82) is 0 Å². The van der Waals surface area contributed by atoms with Gasteiger partial charge < -0.3 is 15.4 Å². The van der Waals surface area contributed by atoms with E-state index in [0.717, 1.165) is 42.9 Å². The van der Waals surface area contributed by atoms with E-state index in [-0.39, 0.29) is 0 Å². The zero-order valence-corrected chi connectivity index (χ0v) is 15.9. The second kappa shape index (κ2) is 8.51. The average molecular weight is 375 g/mol. The SMILES string of the molecule is Clc1nc(NC2CCCCCC2)c2cc(CN[C@H]3CCOC3)ccc2n1. The highest BCUT2D eigenvalue weighted by Crippen LogP contribution is 2.27. The normalized spacial score (nSPS) is 21.8. The molecule has 1 saturated carbocycles. The number of benzene rings is 1. The number of aromatic nitrogens is 2. The average Bonchev–Trinajstić information content (AvgIpc) is 3.03. The van der Waals surface area contributed by atoms with Crippen LogP contribution in [-0.2, 0) is 11.3 Å². The molecule has 1 aliphatic heterocycles. The summed E-state index contributed by atoms with van der Waals surface area (Å²) >= 11 is 6.17. The van der Waals surface area contributed by atoms with Gasteiger partial charge in [-0.1, -0.05) is 31.7 Å². The van der Waals surface area contributed by atoms with Crippen molar-refractivity contribution >= 4 is 28.3 Å². The molecule has 140 valence electrons. The first-order valence-corrected chi connectivity index (χ1v) is 10.2. The zero-order valence-electron chi connectivity index (χ0n) is 15.1. The van der Waals surface area contributed by atoms with Crippen LogP contribution in [0.15, 0.2) is 18.2 Å². The molecule has 5 nitrogen and oxygen atoms in total. The van der Waals surface area contributed by atoms with Crippen LogP contribution in [0.25, 0.3) is 10.9 Å². The quantitative estimate of drug-likeness (QED) is 0.603. The molecule has 2 aromatic rings. The van der Waals surface area contributed by atoms with E-state index >= 15 is 0 Å². The molecular weight excluding hydrogens is 348 g/mol. The maximum Gasteiger partial charge on any atom is 0.224 e. The molecule has 4 rings (SSSR count). The van der Waals surface area contributed by atoms with Crippen molar-refractivity contribution < 1.29 is 4.74 Å². The van der Waals surface area contributed by atoms with Gasteiger partial charge in [0.1, 0.15) is 5.82 Å². The van der Waals surface area contributed by atoms with Crippen molar-refractivity contribution in [3.63, 3.8) is 0 Å². The number of ether oxygens (including phenoxy) is 1. The highest BCUT2D eigenvalue weighted by Gasteiger charge is 2.17. The number of hydrogen-bond acceptors (Lipinski definition) is 5. The van der Waals surface area contributed by atoms with Gasteiger partial charge in [-0.05, 0) is 48.6 Å². The van der Waals surface area contributed by atoms with E-state index in [9.17, 15) is 0 Å². The zero-order chi connectivity index (χ0) is 17.8. The standard InChI is InChI=1S/C20H27ClN4O/c21-20-24-18-8-7-14(12-22-16-9-10-26-13-16)11-17(18)19(25-20)23-15-5-3-1-2-4-6-15/h7-8,11,15-16,22H,1-6,9-10,12-13H2,(H,23,24,25)/t16-/m0/s1. The van der Waals surface area contributed by atoms with Gasteiger partial charge in [-0.15, -0.1) is 0 Å². The maximum atomic E-state index is 6.17. The Hall–Kier alpha value is -1.43. The van der Waals surface area contributed by atoms with E-state index in [4.69, 9.17) is 16.3 Å². The monoisotopic (exact) mass is 374 g/mol. The van der Waals surface area contributed by atoms with E-state index < -0.39 is 0 Å². The molecule has 2 N–H and O–H groups in total. The Kier molecular flexibility index (Phi) is 5.88. The molecule has 1 aromatic heterocycles. The first-order chi connectivity index (χ1) is 12.8. The number of nitrogens with one attached hydrogen (secondary N) is 2. The van der Waals surface area contributed by atoms with E-state index in [1.807, 2.05) is 6.07 Å². The Bertz CT molecular complexity index is 740. The lowest BCUT2D eigenvalue weighted by molar-refractivity contribution is 0.190. The predicted octanol–water partition coefficient (Wildman–Crippen LogP) is 4.30. The lowest BCUT2D eigenvalue weighted by Crippen LogP contribution is -2.28. The highest BCUT2D eigenvalue weighted by atomic mass is 35.5. The second-order valence-corrected chi connectivity index (χ2v) is 7.81. The molecular formula is C20H27ClN4O. The largest absolute Gasteiger partial charge is 0.380 e. The van der Waals surface area contributed by atoms with Crippen LogP contribution >= 0.6 is 11.6 Å². The second-order valence-electron chi connectivity index (χ2n) is 7.47. The van der Waals surface area contributed by atoms with Gasteiger partial charge >= 0.3 is 0 Å². The minimum Gasteiger partial charge on any atom is -0.380 e. The molecule has 1 aromatic carbocycles. The molecule has 2 heterocycles. The lowest BCUT2D eigenvalue weighted by atomic mass is 10.1. The van der Waals surface area contributed by atoms with Gasteiger partial charge in [-0.3, -0.25) is 0 Å². The van der Waals surface area contributed by atoms with Crippen molar-refractivity contribution in [2.24, 2.45) is 0 Å². The van der Waals surface area contributed by atoms with Crippen LogP contribution in [0.1, 0.15) is 50.5 Å². The Morgan fingerprint density at radius 1 is 1.04 bits per heavy atom. The van der Waals surface area contributed by atoms with E-state index in [1.54, 1.807) is 0 Å². The molecule has 2 fully saturated rings. The molecule has 1 atom stereocenters. The fourth-order valence-electron chi connectivity index (χ4n) is 3.94. The van der Waals surface area contributed by atoms with Gasteiger partial charge in [0.2, 0.25) is 5.28 Å². The molecule has 0 unspecified atom stereocenters. The summed E-state index contributed by atoms with van der Waals surface area (Å²) in [6.45, 7) is 2.49. The summed E-state index contributed by atoms with van der Waals surface area (Å²) in [4.78, 5) is 8.91. The van der Waals surface area contributed by atoms with Crippen molar-refractivity contribution in [3.05, 3.63) is 29.0 Å². The van der Waals surface area contributed by atoms with Crippen LogP contribution in [0.3, 0.4) is 0 Å². The number of hydrogen-bond donors (Lipinski definition) is 2. The van der Waals surface area contributed by atoms with Crippen molar-refractivity contribution in [2.75, 3.05) is 18.5 Å². The third kappa shape index (κ3) is 4.45. The minimum atomic E-state index is 0.308. The predicted molar refractivity (Wildman–Crippen MR) is 106 cm³/mol. The molecule has 0 spiro atoms. The fraction of sp³-hybridized carbons (Fsp3) is 0.600. The van der Waals surface area contributed by atoms with Crippen LogP contribution in [0, 0.1) is 0 Å². The maximum absolute atomic E-state index is 6.17. The van der Waals surface area contributed by atoms with Gasteiger partial charge in [0.05, 0.1) is 12.1 Å². The fourth-order valence-corrected chi connectivity index (χ4v) is 4.12. The molecule has 2 aliphatic rings. The van der Waals surface area contributed by atoms with Crippen LogP contribution in [0.4, 0.5) is 5.82 Å². The lowest BCUT2D eigenvalue weighted by Gasteiger charge is -2.18. The molecule has 0 amide bonds. The summed E-state index contributed by atoms with van der Waals surface area (Å²) in [7, 11) is 0. The Morgan fingerprint density at radius 2 is 1.88 bits per heavy atom. The minimum absolute atomic E-state index is 0.308.